The van der Waals surface area contributed by atoms with Gasteiger partial charge in [0.25, 0.3) is 0 Å². The zero-order valence-electron chi connectivity index (χ0n) is 18.6. The molecule has 168 valence electrons. The van der Waals surface area contributed by atoms with Crippen LogP contribution < -0.4 is 15.9 Å². The average Bonchev–Trinajstić information content (AvgIpc) is 3.34. The predicted octanol–water partition coefficient (Wildman–Crippen LogP) is 4.85. The summed E-state index contributed by atoms with van der Waals surface area (Å²) < 4.78 is 5.39. The van der Waals surface area contributed by atoms with Crippen LogP contribution in [-0.2, 0) is 9.53 Å². The number of halogens is 1. The van der Waals surface area contributed by atoms with Crippen LogP contribution in [0.15, 0.2) is 91.0 Å². The molecular weight excluding hydrogens is 481 g/mol. The second kappa shape index (κ2) is 9.87. The summed E-state index contributed by atoms with van der Waals surface area (Å²) in [7, 11) is 0. The minimum atomic E-state index is -2.97. The van der Waals surface area contributed by atoms with Crippen molar-refractivity contribution in [3.8, 4) is 0 Å². The van der Waals surface area contributed by atoms with E-state index in [4.69, 9.17) is 4.74 Å². The molecule has 0 aromatic heterocycles. The SMILES string of the molecule is CCOC(=O)C1CCCN1CCP(Br)(c1ccccc1)(c1ccccc1)c1ccccc1. The normalized spacial score (nSPS) is 18.1. The topological polar surface area (TPSA) is 29.5 Å². The van der Waals surface area contributed by atoms with Crippen LogP contribution in [0, 0.1) is 0 Å². The maximum atomic E-state index is 12.6. The third kappa shape index (κ3) is 4.17. The number of carbonyl (C=O) groups is 1. The molecule has 0 amide bonds. The number of esters is 1. The molecule has 1 unspecified atom stereocenters. The Bertz CT molecular complexity index is 930. The number of ether oxygens (including phenoxy) is 1. The van der Waals surface area contributed by atoms with E-state index in [9.17, 15) is 4.79 Å². The Kier molecular flexibility index (Phi) is 7.14. The second-order valence-corrected chi connectivity index (χ2v) is 17.4. The molecule has 5 heteroatoms. The van der Waals surface area contributed by atoms with Crippen LogP contribution in [0.4, 0.5) is 0 Å². The molecule has 0 bridgehead atoms. The van der Waals surface area contributed by atoms with Crippen molar-refractivity contribution in [3.05, 3.63) is 91.0 Å². The first-order valence-corrected chi connectivity index (χ1v) is 15.8. The van der Waals surface area contributed by atoms with Gasteiger partial charge in [-0.2, -0.15) is 0 Å². The molecule has 0 spiro atoms. The molecule has 0 N–H and O–H groups in total. The Labute approximate surface area is 199 Å². The molecule has 4 rings (SSSR count). The van der Waals surface area contributed by atoms with Crippen LogP contribution in [0.1, 0.15) is 19.8 Å². The van der Waals surface area contributed by atoms with Gasteiger partial charge in [0.15, 0.2) is 0 Å². The van der Waals surface area contributed by atoms with Crippen molar-refractivity contribution in [2.45, 2.75) is 25.8 Å². The molecule has 0 radical (unpaired) electrons. The predicted molar refractivity (Wildman–Crippen MR) is 140 cm³/mol. The summed E-state index contributed by atoms with van der Waals surface area (Å²) in [5.74, 6) is -0.0842. The van der Waals surface area contributed by atoms with Crippen LogP contribution in [0.5, 0.6) is 0 Å². The molecule has 0 saturated carbocycles. The molecule has 1 aliphatic heterocycles. The van der Waals surface area contributed by atoms with E-state index in [0.717, 1.165) is 32.1 Å². The standard InChI is InChI=1S/C27H31BrNO2P/c1-2-31-27(30)26-19-12-20-29(26)21-22-32(28,23-13-6-3-7-14-23,24-15-8-4-9-16-24)25-17-10-5-11-18-25/h3-11,13-18,26H,2,12,19-22H2,1H3. The first-order valence-electron chi connectivity index (χ1n) is 11.4. The van der Waals surface area contributed by atoms with Gasteiger partial charge < -0.3 is 0 Å². The molecule has 3 aromatic carbocycles. The summed E-state index contributed by atoms with van der Waals surface area (Å²) in [6, 6.07) is 32.3. The quantitative estimate of drug-likeness (QED) is 0.319. The summed E-state index contributed by atoms with van der Waals surface area (Å²) in [5.41, 5.74) is 0. The Morgan fingerprint density at radius 1 is 0.906 bits per heavy atom. The summed E-state index contributed by atoms with van der Waals surface area (Å²) in [4.78, 5) is 14.9. The molecule has 1 saturated heterocycles. The maximum absolute atomic E-state index is 12.6. The molecule has 3 nitrogen and oxygen atoms in total. The van der Waals surface area contributed by atoms with Gasteiger partial charge in [-0.15, -0.1) is 0 Å². The minimum absolute atomic E-state index is 0.0842. The third-order valence-corrected chi connectivity index (χ3v) is 16.5. The van der Waals surface area contributed by atoms with E-state index < -0.39 is 5.31 Å². The van der Waals surface area contributed by atoms with Gasteiger partial charge in [0.1, 0.15) is 0 Å². The summed E-state index contributed by atoms with van der Waals surface area (Å²) in [6.45, 7) is 4.06. The molecule has 32 heavy (non-hydrogen) atoms. The fourth-order valence-electron chi connectivity index (χ4n) is 4.97. The van der Waals surface area contributed by atoms with E-state index in [0.29, 0.717) is 6.61 Å². The van der Waals surface area contributed by atoms with Crippen molar-refractivity contribution in [1.29, 1.82) is 0 Å². The Hall–Kier alpha value is -2.00. The number of carbonyl (C=O) groups excluding carboxylic acids is 1. The van der Waals surface area contributed by atoms with Gasteiger partial charge in [0.05, 0.1) is 0 Å². The van der Waals surface area contributed by atoms with Crippen LogP contribution in [-0.4, -0.2) is 42.8 Å². The van der Waals surface area contributed by atoms with Crippen LogP contribution in [0.25, 0.3) is 0 Å². The number of nitrogens with zero attached hydrogens (tertiary/aromatic N) is 1. The Morgan fingerprint density at radius 2 is 1.38 bits per heavy atom. The van der Waals surface area contributed by atoms with Gasteiger partial charge >= 0.3 is 200 Å². The monoisotopic (exact) mass is 511 g/mol. The van der Waals surface area contributed by atoms with Gasteiger partial charge in [-0.25, -0.2) is 0 Å². The summed E-state index contributed by atoms with van der Waals surface area (Å²) >= 11 is 4.50. The van der Waals surface area contributed by atoms with Crippen LogP contribution in [0.3, 0.4) is 0 Å². The van der Waals surface area contributed by atoms with Crippen molar-refractivity contribution in [3.63, 3.8) is 0 Å². The zero-order chi connectivity index (χ0) is 22.5. The van der Waals surface area contributed by atoms with Gasteiger partial charge in [0, 0.05) is 0 Å². The number of rotatable bonds is 8. The van der Waals surface area contributed by atoms with E-state index in [1.54, 1.807) is 0 Å². The van der Waals surface area contributed by atoms with Crippen LogP contribution >= 0.6 is 20.8 Å². The average molecular weight is 512 g/mol. The van der Waals surface area contributed by atoms with Crippen molar-refractivity contribution < 1.29 is 9.53 Å². The van der Waals surface area contributed by atoms with E-state index in [1.165, 1.54) is 15.9 Å². The Balaban J connectivity index is 1.82. The molecule has 3 aromatic rings. The zero-order valence-corrected chi connectivity index (χ0v) is 21.0. The van der Waals surface area contributed by atoms with Crippen molar-refractivity contribution >= 4 is 42.7 Å². The van der Waals surface area contributed by atoms with E-state index in [-0.39, 0.29) is 12.0 Å². The number of hydrogen-bond acceptors (Lipinski definition) is 3. The number of likely N-dealkylation sites (tertiary alicyclic amines) is 1. The first kappa shape index (κ1) is 23.2. The van der Waals surface area contributed by atoms with E-state index >= 15 is 0 Å². The molecular formula is C27H31BrNO2P. The first-order chi connectivity index (χ1) is 15.6. The fraction of sp³-hybridized carbons (Fsp3) is 0.296. The van der Waals surface area contributed by atoms with Gasteiger partial charge in [-0.1, -0.05) is 0 Å². The summed E-state index contributed by atoms with van der Waals surface area (Å²) in [5, 5.41) is 0.952. The second-order valence-electron chi connectivity index (χ2n) is 8.36. The van der Waals surface area contributed by atoms with Crippen LogP contribution in [0.2, 0.25) is 0 Å². The molecule has 1 fully saturated rings. The van der Waals surface area contributed by atoms with Gasteiger partial charge in [-0.3, -0.25) is 0 Å². The van der Waals surface area contributed by atoms with Crippen molar-refractivity contribution in [1.82, 2.24) is 4.90 Å². The molecule has 1 aliphatic rings. The Morgan fingerprint density at radius 3 is 1.81 bits per heavy atom. The molecule has 0 aliphatic carbocycles. The van der Waals surface area contributed by atoms with E-state index in [2.05, 4.69) is 111 Å². The van der Waals surface area contributed by atoms with E-state index in [1.807, 2.05) is 6.92 Å². The third-order valence-electron chi connectivity index (χ3n) is 6.61. The fourth-order valence-corrected chi connectivity index (χ4v) is 12.3. The molecule has 1 heterocycles. The number of hydrogen-bond donors (Lipinski definition) is 0. The molecule has 1 atom stereocenters. The van der Waals surface area contributed by atoms with Crippen molar-refractivity contribution in [2.24, 2.45) is 0 Å². The van der Waals surface area contributed by atoms with Gasteiger partial charge in [-0.05, 0) is 0 Å². The van der Waals surface area contributed by atoms with Crippen molar-refractivity contribution in [2.75, 3.05) is 25.9 Å². The number of benzene rings is 3. The summed E-state index contributed by atoms with van der Waals surface area (Å²) in [6.07, 6.45) is 2.81. The van der Waals surface area contributed by atoms with Gasteiger partial charge in [0.2, 0.25) is 0 Å².